The summed E-state index contributed by atoms with van der Waals surface area (Å²) in [5.41, 5.74) is 3.80. The van der Waals surface area contributed by atoms with Crippen LogP contribution in [-0.2, 0) is 6.42 Å². The van der Waals surface area contributed by atoms with E-state index in [0.29, 0.717) is 12.5 Å². The molecule has 3 aromatic heterocycles. The van der Waals surface area contributed by atoms with E-state index in [2.05, 4.69) is 36.9 Å². The number of Topliss-reactive ketones (excluding diaryl/α,β-unsaturated/α-hetero) is 1. The molecule has 0 aromatic carbocycles. The number of anilines is 1. The third-order valence-corrected chi connectivity index (χ3v) is 6.72. The molecule has 2 aliphatic rings. The predicted octanol–water partition coefficient (Wildman–Crippen LogP) is 3.78. The van der Waals surface area contributed by atoms with Crippen molar-refractivity contribution >= 4 is 22.5 Å². The lowest BCUT2D eigenvalue weighted by Crippen LogP contribution is -2.43. The van der Waals surface area contributed by atoms with Crippen LogP contribution in [0, 0.1) is 5.92 Å². The molecule has 0 spiro atoms. The highest BCUT2D eigenvalue weighted by Gasteiger charge is 2.26. The number of rotatable bonds is 6. The second-order valence-corrected chi connectivity index (χ2v) is 9.34. The molecule has 0 amide bonds. The lowest BCUT2D eigenvalue weighted by Gasteiger charge is -2.29. The third-order valence-electron chi connectivity index (χ3n) is 6.72. The van der Waals surface area contributed by atoms with E-state index < -0.39 is 0 Å². The molecule has 1 aliphatic heterocycles. The normalized spacial score (nSPS) is 17.5. The van der Waals surface area contributed by atoms with Gasteiger partial charge in [-0.1, -0.05) is 26.7 Å². The van der Waals surface area contributed by atoms with Gasteiger partial charge in [0, 0.05) is 55.4 Å². The summed E-state index contributed by atoms with van der Waals surface area (Å²) in [6, 6.07) is 6.56. The van der Waals surface area contributed by atoms with Crippen LogP contribution in [0.2, 0.25) is 0 Å². The number of carbonyl (C=O) groups is 1. The summed E-state index contributed by atoms with van der Waals surface area (Å²) >= 11 is 0. The van der Waals surface area contributed by atoms with Crippen LogP contribution < -0.4 is 10.2 Å². The van der Waals surface area contributed by atoms with Crippen LogP contribution in [0.15, 0.2) is 30.6 Å². The molecule has 0 bridgehead atoms. The highest BCUT2D eigenvalue weighted by molar-refractivity contribution is 6.00. The topological polar surface area (TPSA) is 75.9 Å². The Labute approximate surface area is 189 Å². The molecule has 0 radical (unpaired) electrons. The first-order chi connectivity index (χ1) is 15.6. The summed E-state index contributed by atoms with van der Waals surface area (Å²) < 4.78 is 2.21. The molecule has 1 saturated heterocycles. The number of carbonyl (C=O) groups excluding carboxylic acids is 1. The van der Waals surface area contributed by atoms with Gasteiger partial charge in [0.15, 0.2) is 5.78 Å². The van der Waals surface area contributed by atoms with Gasteiger partial charge >= 0.3 is 0 Å². The van der Waals surface area contributed by atoms with Gasteiger partial charge < -0.3 is 14.8 Å². The summed E-state index contributed by atoms with van der Waals surface area (Å²) in [4.78, 5) is 29.5. The van der Waals surface area contributed by atoms with Crippen LogP contribution in [0.5, 0.6) is 0 Å². The molecule has 2 fully saturated rings. The van der Waals surface area contributed by atoms with Gasteiger partial charge in [0.25, 0.3) is 0 Å². The zero-order chi connectivity index (χ0) is 22.1. The Morgan fingerprint density at radius 3 is 2.59 bits per heavy atom. The highest BCUT2D eigenvalue weighted by Crippen LogP contribution is 2.35. The molecule has 168 valence electrons. The van der Waals surface area contributed by atoms with Crippen molar-refractivity contribution in [2.24, 2.45) is 5.92 Å². The Hall–Kier alpha value is -2.80. The highest BCUT2D eigenvalue weighted by atomic mass is 16.1. The first-order valence-corrected chi connectivity index (χ1v) is 11.9. The van der Waals surface area contributed by atoms with Crippen LogP contribution in [0.4, 0.5) is 5.69 Å². The Bertz CT molecular complexity index is 1090. The van der Waals surface area contributed by atoms with E-state index in [1.54, 1.807) is 0 Å². The lowest BCUT2D eigenvalue weighted by atomic mass is 10.1. The van der Waals surface area contributed by atoms with Crippen LogP contribution in [0.1, 0.15) is 67.6 Å². The number of hydrogen-bond donors (Lipinski definition) is 1. The molecular weight excluding hydrogens is 400 g/mol. The molecule has 0 atom stereocenters. The van der Waals surface area contributed by atoms with Gasteiger partial charge in [-0.3, -0.25) is 9.78 Å². The number of aromatic nitrogens is 4. The molecule has 1 N–H and O–H groups in total. The molecule has 32 heavy (non-hydrogen) atoms. The minimum atomic E-state index is -0.0368. The van der Waals surface area contributed by atoms with E-state index in [9.17, 15) is 4.79 Å². The Kier molecular flexibility index (Phi) is 5.91. The number of fused-ring (bicyclic) bond motifs is 1. The standard InChI is InChI=1S/C25H32N6O/c1-17(2)24(32)22-13-18-15-28-23(29-25(18)31(22)20-5-3-4-6-20)14-19-7-8-21(16-27-19)30-11-9-26-10-12-30/h7-8,13,15-17,20,26H,3-6,9-12,14H2,1-2H3. The van der Waals surface area contributed by atoms with Crippen molar-refractivity contribution in [3.63, 3.8) is 0 Å². The van der Waals surface area contributed by atoms with E-state index in [4.69, 9.17) is 4.98 Å². The van der Waals surface area contributed by atoms with Gasteiger partial charge in [0.1, 0.15) is 11.5 Å². The fraction of sp³-hybridized carbons (Fsp3) is 0.520. The molecule has 7 heteroatoms. The zero-order valence-corrected chi connectivity index (χ0v) is 19.0. The van der Waals surface area contributed by atoms with E-state index in [1.165, 1.54) is 18.5 Å². The fourth-order valence-corrected chi connectivity index (χ4v) is 4.94. The van der Waals surface area contributed by atoms with Crippen molar-refractivity contribution in [2.45, 2.75) is 52.0 Å². The fourth-order valence-electron chi connectivity index (χ4n) is 4.94. The second-order valence-electron chi connectivity index (χ2n) is 9.34. The zero-order valence-electron chi connectivity index (χ0n) is 19.0. The largest absolute Gasteiger partial charge is 0.368 e. The molecule has 0 unspecified atom stereocenters. The van der Waals surface area contributed by atoms with Gasteiger partial charge in [-0.15, -0.1) is 0 Å². The van der Waals surface area contributed by atoms with Crippen LogP contribution in [-0.4, -0.2) is 51.5 Å². The first-order valence-electron chi connectivity index (χ1n) is 11.9. The molecular formula is C25H32N6O. The van der Waals surface area contributed by atoms with Crippen molar-refractivity contribution in [1.29, 1.82) is 0 Å². The van der Waals surface area contributed by atoms with E-state index >= 15 is 0 Å². The van der Waals surface area contributed by atoms with Crippen molar-refractivity contribution in [3.8, 4) is 0 Å². The quantitative estimate of drug-likeness (QED) is 0.598. The van der Waals surface area contributed by atoms with Gasteiger partial charge in [0.05, 0.1) is 24.0 Å². The van der Waals surface area contributed by atoms with Crippen LogP contribution >= 0.6 is 0 Å². The number of hydrogen-bond acceptors (Lipinski definition) is 6. The summed E-state index contributed by atoms with van der Waals surface area (Å²) in [6.45, 7) is 7.97. The minimum Gasteiger partial charge on any atom is -0.368 e. The Morgan fingerprint density at radius 1 is 1.12 bits per heavy atom. The summed E-state index contributed by atoms with van der Waals surface area (Å²) in [7, 11) is 0. The smallest absolute Gasteiger partial charge is 0.181 e. The Balaban J connectivity index is 1.43. The number of nitrogens with zero attached hydrogens (tertiary/aromatic N) is 5. The van der Waals surface area contributed by atoms with Crippen molar-refractivity contribution in [1.82, 2.24) is 24.8 Å². The van der Waals surface area contributed by atoms with Crippen molar-refractivity contribution in [2.75, 3.05) is 31.1 Å². The predicted molar refractivity (Wildman–Crippen MR) is 126 cm³/mol. The number of ketones is 1. The molecule has 5 rings (SSSR count). The SMILES string of the molecule is CC(C)C(=O)c1cc2cnc(Cc3ccc(N4CCNCC4)cn3)nc2n1C1CCCC1. The van der Waals surface area contributed by atoms with Crippen molar-refractivity contribution < 1.29 is 4.79 Å². The van der Waals surface area contributed by atoms with E-state index in [-0.39, 0.29) is 11.7 Å². The summed E-state index contributed by atoms with van der Waals surface area (Å²) in [6.07, 6.45) is 9.05. The van der Waals surface area contributed by atoms with Gasteiger partial charge in [-0.25, -0.2) is 9.97 Å². The van der Waals surface area contributed by atoms with Crippen LogP contribution in [0.25, 0.3) is 11.0 Å². The van der Waals surface area contributed by atoms with E-state index in [0.717, 1.165) is 67.3 Å². The summed E-state index contributed by atoms with van der Waals surface area (Å²) in [5, 5.41) is 4.33. The van der Waals surface area contributed by atoms with E-state index in [1.807, 2.05) is 32.3 Å². The monoisotopic (exact) mass is 432 g/mol. The minimum absolute atomic E-state index is 0.0368. The first kappa shape index (κ1) is 21.1. The van der Waals surface area contributed by atoms with Crippen LogP contribution in [0.3, 0.4) is 0 Å². The maximum absolute atomic E-state index is 12.9. The number of pyridine rings is 1. The third kappa shape index (κ3) is 4.13. The second kappa shape index (κ2) is 8.98. The maximum Gasteiger partial charge on any atom is 0.181 e. The summed E-state index contributed by atoms with van der Waals surface area (Å²) in [5.74, 6) is 0.896. The number of nitrogens with one attached hydrogen (secondary N) is 1. The van der Waals surface area contributed by atoms with Gasteiger partial charge in [-0.05, 0) is 31.0 Å². The average Bonchev–Trinajstić information content (AvgIpc) is 3.47. The Morgan fingerprint density at radius 2 is 1.91 bits per heavy atom. The van der Waals surface area contributed by atoms with Crippen molar-refractivity contribution in [3.05, 3.63) is 47.8 Å². The maximum atomic E-state index is 12.9. The molecule has 1 aliphatic carbocycles. The molecule has 4 heterocycles. The van der Waals surface area contributed by atoms with Gasteiger partial charge in [0.2, 0.25) is 0 Å². The lowest BCUT2D eigenvalue weighted by molar-refractivity contribution is 0.0928. The van der Waals surface area contributed by atoms with Gasteiger partial charge in [-0.2, -0.15) is 0 Å². The molecule has 7 nitrogen and oxygen atoms in total. The average molecular weight is 433 g/mol. The number of piperazine rings is 1. The molecule has 1 saturated carbocycles. The molecule has 3 aromatic rings.